The fourth-order valence-electron chi connectivity index (χ4n) is 9.08. The molecule has 0 heterocycles. The first-order valence-corrected chi connectivity index (χ1v) is 31.9. The molecule has 0 aliphatic rings. The Morgan fingerprint density at radius 3 is 1.17 bits per heavy atom. The number of likely N-dealkylation sites (N-methyl/N-ethyl adjacent to an activating group) is 1. The Bertz CT molecular complexity index is 1230. The number of carbonyl (C=O) groups excluding carboxylic acids is 1. The number of quaternary nitrogens is 1. The molecule has 0 spiro atoms. The van der Waals surface area contributed by atoms with Crippen molar-refractivity contribution >= 4 is 13.7 Å². The van der Waals surface area contributed by atoms with Gasteiger partial charge in [0, 0.05) is 6.42 Å². The number of hydrogen-bond acceptors (Lipinski definition) is 5. The van der Waals surface area contributed by atoms with Crippen LogP contribution < -0.4 is 5.32 Å². The maximum absolute atomic E-state index is 12.9. The molecule has 0 rings (SSSR count). The summed E-state index contributed by atoms with van der Waals surface area (Å²) >= 11 is 0. The van der Waals surface area contributed by atoms with Crippen molar-refractivity contribution in [2.45, 2.75) is 309 Å². The van der Waals surface area contributed by atoms with Crippen LogP contribution in [0.25, 0.3) is 0 Å². The monoisotopic (exact) mass is 1010 g/mol. The van der Waals surface area contributed by atoms with Crippen LogP contribution in [0.4, 0.5) is 0 Å². The van der Waals surface area contributed by atoms with Crippen molar-refractivity contribution in [3.8, 4) is 0 Å². The summed E-state index contributed by atoms with van der Waals surface area (Å²) in [5.74, 6) is -0.175. The van der Waals surface area contributed by atoms with Crippen LogP contribution in [0, 0.1) is 0 Å². The van der Waals surface area contributed by atoms with Gasteiger partial charge < -0.3 is 19.8 Å². The molecule has 0 aromatic carbocycles. The van der Waals surface area contributed by atoms with Crippen LogP contribution >= 0.6 is 7.82 Å². The van der Waals surface area contributed by atoms with E-state index in [1.807, 2.05) is 27.2 Å². The van der Waals surface area contributed by atoms with Gasteiger partial charge in [0.05, 0.1) is 39.9 Å². The molecule has 3 unspecified atom stereocenters. The number of hydrogen-bond donors (Lipinski definition) is 3. The van der Waals surface area contributed by atoms with Gasteiger partial charge in [-0.3, -0.25) is 13.8 Å². The Labute approximate surface area is 436 Å². The predicted octanol–water partition coefficient (Wildman–Crippen LogP) is 18.5. The van der Waals surface area contributed by atoms with E-state index < -0.39 is 20.0 Å². The van der Waals surface area contributed by atoms with Crippen LogP contribution in [0.5, 0.6) is 0 Å². The van der Waals surface area contributed by atoms with Crippen LogP contribution in [0.3, 0.4) is 0 Å². The highest BCUT2D eigenvalue weighted by atomic mass is 31.2. The molecule has 70 heavy (non-hydrogen) atoms. The zero-order valence-corrected chi connectivity index (χ0v) is 48.2. The zero-order chi connectivity index (χ0) is 51.3. The van der Waals surface area contributed by atoms with E-state index in [9.17, 15) is 19.4 Å². The van der Waals surface area contributed by atoms with Gasteiger partial charge in [-0.1, -0.05) is 275 Å². The molecule has 0 bridgehead atoms. The van der Waals surface area contributed by atoms with Crippen molar-refractivity contribution in [2.24, 2.45) is 0 Å². The Balaban J connectivity index is 3.78. The number of carbonyl (C=O) groups is 1. The number of amides is 1. The predicted molar refractivity (Wildman–Crippen MR) is 304 cm³/mol. The minimum absolute atomic E-state index is 0.0632. The van der Waals surface area contributed by atoms with E-state index in [1.54, 1.807) is 6.08 Å². The second-order valence-corrected chi connectivity index (χ2v) is 23.5. The molecule has 3 N–H and O–H groups in total. The Morgan fingerprint density at radius 1 is 0.486 bits per heavy atom. The van der Waals surface area contributed by atoms with Gasteiger partial charge in [-0.2, -0.15) is 0 Å². The molecule has 0 aliphatic heterocycles. The Morgan fingerprint density at radius 2 is 0.814 bits per heavy atom. The summed E-state index contributed by atoms with van der Waals surface area (Å²) in [6.07, 6.45) is 68.7. The number of allylic oxidation sites excluding steroid dienone is 5. The molecule has 0 aliphatic carbocycles. The van der Waals surface area contributed by atoms with Crippen LogP contribution in [-0.2, 0) is 18.4 Å². The third kappa shape index (κ3) is 54.5. The third-order valence-electron chi connectivity index (χ3n) is 13.9. The second kappa shape index (κ2) is 52.6. The van der Waals surface area contributed by atoms with E-state index in [4.69, 9.17) is 9.05 Å². The quantitative estimate of drug-likeness (QED) is 0.0243. The van der Waals surface area contributed by atoms with Gasteiger partial charge in [-0.05, 0) is 51.4 Å². The number of rotatable bonds is 56. The second-order valence-electron chi connectivity index (χ2n) is 22.1. The summed E-state index contributed by atoms with van der Waals surface area (Å²) in [7, 11) is 1.58. The molecule has 1 amide bonds. The fraction of sp³-hybridized carbons (Fsp3) is 0.885. The normalized spacial score (nSPS) is 14.1. The summed E-state index contributed by atoms with van der Waals surface area (Å²) in [4.78, 5) is 23.2. The molecule has 414 valence electrons. The van der Waals surface area contributed by atoms with E-state index in [0.29, 0.717) is 17.4 Å². The van der Waals surface area contributed by atoms with Crippen molar-refractivity contribution in [2.75, 3.05) is 40.9 Å². The van der Waals surface area contributed by atoms with Gasteiger partial charge >= 0.3 is 7.82 Å². The highest BCUT2D eigenvalue weighted by Gasteiger charge is 2.27. The topological polar surface area (TPSA) is 105 Å². The summed E-state index contributed by atoms with van der Waals surface area (Å²) in [5.41, 5.74) is 0. The van der Waals surface area contributed by atoms with Crippen LogP contribution in [0.2, 0.25) is 0 Å². The molecule has 3 atom stereocenters. The van der Waals surface area contributed by atoms with Gasteiger partial charge in [0.2, 0.25) is 5.91 Å². The van der Waals surface area contributed by atoms with Crippen molar-refractivity contribution < 1.29 is 32.9 Å². The van der Waals surface area contributed by atoms with Crippen molar-refractivity contribution in [3.63, 3.8) is 0 Å². The summed E-state index contributed by atoms with van der Waals surface area (Å²) in [5, 5.41) is 13.8. The first-order valence-electron chi connectivity index (χ1n) is 30.4. The number of phosphoric ester groups is 1. The summed E-state index contributed by atoms with van der Waals surface area (Å²) in [6.45, 7) is 4.79. The van der Waals surface area contributed by atoms with Gasteiger partial charge in [-0.15, -0.1) is 0 Å². The molecule has 0 fully saturated rings. The van der Waals surface area contributed by atoms with Gasteiger partial charge in [0.1, 0.15) is 13.2 Å². The molecule has 8 nitrogen and oxygen atoms in total. The summed E-state index contributed by atoms with van der Waals surface area (Å²) < 4.78 is 23.6. The zero-order valence-electron chi connectivity index (χ0n) is 47.3. The lowest BCUT2D eigenvalue weighted by Gasteiger charge is -2.25. The molecule has 0 radical (unpaired) electrons. The lowest BCUT2D eigenvalue weighted by atomic mass is 10.0. The number of phosphoric acid groups is 1. The van der Waals surface area contributed by atoms with E-state index in [0.717, 1.165) is 44.9 Å². The first-order chi connectivity index (χ1) is 34.0. The first kappa shape index (κ1) is 68.7. The lowest BCUT2D eigenvalue weighted by Crippen LogP contribution is -2.45. The van der Waals surface area contributed by atoms with Crippen molar-refractivity contribution in [3.05, 3.63) is 36.5 Å². The number of unbranched alkanes of at least 4 members (excludes halogenated alkanes) is 39. The minimum atomic E-state index is -4.33. The van der Waals surface area contributed by atoms with Crippen LogP contribution in [-0.4, -0.2) is 73.4 Å². The number of nitrogens with one attached hydrogen (secondary N) is 1. The van der Waals surface area contributed by atoms with Crippen molar-refractivity contribution in [1.29, 1.82) is 0 Å². The maximum Gasteiger partial charge on any atom is 0.472 e. The fourth-order valence-corrected chi connectivity index (χ4v) is 9.81. The molecule has 0 saturated heterocycles. The van der Waals surface area contributed by atoms with Crippen molar-refractivity contribution in [1.82, 2.24) is 5.32 Å². The highest BCUT2D eigenvalue weighted by Crippen LogP contribution is 2.43. The van der Waals surface area contributed by atoms with Crippen LogP contribution in [0.15, 0.2) is 36.5 Å². The van der Waals surface area contributed by atoms with Crippen LogP contribution in [0.1, 0.15) is 296 Å². The average Bonchev–Trinajstić information content (AvgIpc) is 3.32. The minimum Gasteiger partial charge on any atom is -0.387 e. The molecule has 9 heteroatoms. The SMILES string of the molecule is CCCCCCC/C=C\C/C=C\CCCCCCCCCCCCCCCCCCCCCCCCCCCCCC(=O)NC(COP(=O)(O)OCC[N+](C)(C)C)C(O)/C=C/CCCCCCCCC. The number of aliphatic hydroxyl groups excluding tert-OH is 1. The Kier molecular flexibility index (Phi) is 51.6. The molecular weight excluding hydrogens is 888 g/mol. The maximum atomic E-state index is 12.9. The molecule has 0 aromatic rings. The largest absolute Gasteiger partial charge is 0.472 e. The van der Waals surface area contributed by atoms with E-state index in [-0.39, 0.29) is 19.1 Å². The molecule has 0 aromatic heterocycles. The number of aliphatic hydroxyl groups is 1. The van der Waals surface area contributed by atoms with E-state index in [1.165, 1.54) is 231 Å². The molecular formula is C61H120N2O6P+. The van der Waals surface area contributed by atoms with E-state index >= 15 is 0 Å². The molecule has 0 saturated carbocycles. The standard InChI is InChI=1S/C61H119N2O6P/c1-6-8-10-12-14-16-17-18-19-20-21-22-23-24-25-26-27-28-29-30-31-32-33-34-35-36-37-38-39-40-41-42-43-44-45-47-49-51-53-55-61(65)62-59(58-69-70(66,67)68-57-56-63(3,4)5)60(64)54-52-50-48-46-15-13-11-9-7-2/h17-18,20-21,52,54,59-60,64H,6-16,19,22-51,53,55-58H2,1-5H3,(H-,62,65,66,67)/p+1/b18-17-,21-20-,54-52+. The highest BCUT2D eigenvalue weighted by molar-refractivity contribution is 7.47. The summed E-state index contributed by atoms with van der Waals surface area (Å²) in [6, 6.07) is -0.842. The lowest BCUT2D eigenvalue weighted by molar-refractivity contribution is -0.870. The van der Waals surface area contributed by atoms with Gasteiger partial charge in [0.25, 0.3) is 0 Å². The van der Waals surface area contributed by atoms with E-state index in [2.05, 4.69) is 43.5 Å². The Hall–Kier alpha value is -1.28. The smallest absolute Gasteiger partial charge is 0.387 e. The van der Waals surface area contributed by atoms with Gasteiger partial charge in [-0.25, -0.2) is 4.57 Å². The number of nitrogens with zero attached hydrogens (tertiary/aromatic N) is 1. The average molecular weight is 1010 g/mol. The van der Waals surface area contributed by atoms with Gasteiger partial charge in [0.15, 0.2) is 0 Å². The third-order valence-corrected chi connectivity index (χ3v) is 14.8.